The largest absolute Gasteiger partial charge is 0.497 e. The summed E-state index contributed by atoms with van der Waals surface area (Å²) in [4.78, 5) is 29.3. The van der Waals surface area contributed by atoms with Crippen LogP contribution in [0.3, 0.4) is 0 Å². The highest BCUT2D eigenvalue weighted by atomic mass is 16.6. The van der Waals surface area contributed by atoms with E-state index in [2.05, 4.69) is 4.98 Å². The Hall–Kier alpha value is -2.61. The predicted molar refractivity (Wildman–Crippen MR) is 98.0 cm³/mol. The number of fused-ring (bicyclic) bond motifs is 1. The first-order valence-corrected chi connectivity index (χ1v) is 8.78. The van der Waals surface area contributed by atoms with Crippen molar-refractivity contribution in [2.75, 3.05) is 20.3 Å². The van der Waals surface area contributed by atoms with Crippen molar-refractivity contribution in [3.05, 3.63) is 28.8 Å². The van der Waals surface area contributed by atoms with E-state index in [0.717, 1.165) is 6.42 Å². The van der Waals surface area contributed by atoms with Gasteiger partial charge in [-0.2, -0.15) is 0 Å². The number of aromatic nitrogens is 2. The van der Waals surface area contributed by atoms with Crippen molar-refractivity contribution in [2.24, 2.45) is 5.41 Å². The quantitative estimate of drug-likeness (QED) is 0.739. The SMILES string of the molecule is COc1cc(OC2CCOC2)c2c(=O)n(COC(=O)C(C)(C)C)cnc2c1. The Labute approximate surface area is 157 Å². The molecule has 1 saturated heterocycles. The zero-order valence-electron chi connectivity index (χ0n) is 16.0. The van der Waals surface area contributed by atoms with Crippen LogP contribution in [0.2, 0.25) is 0 Å². The smallest absolute Gasteiger partial charge is 0.312 e. The third-order valence-corrected chi connectivity index (χ3v) is 4.23. The molecule has 8 nitrogen and oxygen atoms in total. The van der Waals surface area contributed by atoms with Crippen molar-refractivity contribution >= 4 is 16.9 Å². The van der Waals surface area contributed by atoms with Crippen LogP contribution in [0, 0.1) is 5.41 Å². The van der Waals surface area contributed by atoms with Crippen LogP contribution in [0.4, 0.5) is 0 Å². The predicted octanol–water partition coefficient (Wildman–Crippen LogP) is 2.12. The van der Waals surface area contributed by atoms with Crippen LogP contribution in [-0.4, -0.2) is 41.9 Å². The molecule has 2 aromatic rings. The Morgan fingerprint density at radius 3 is 2.78 bits per heavy atom. The van der Waals surface area contributed by atoms with E-state index in [1.165, 1.54) is 18.0 Å². The molecule has 1 unspecified atom stereocenters. The molecule has 2 heterocycles. The standard InChI is InChI=1S/C19H24N2O6/c1-19(2,3)18(23)26-11-21-10-20-14-7-13(24-4)8-15(16(14)17(21)22)27-12-5-6-25-9-12/h7-8,10,12H,5-6,9,11H2,1-4H3. The van der Waals surface area contributed by atoms with E-state index in [9.17, 15) is 9.59 Å². The third kappa shape index (κ3) is 4.21. The molecule has 0 spiro atoms. The molecule has 0 saturated carbocycles. The van der Waals surface area contributed by atoms with E-state index in [1.54, 1.807) is 32.9 Å². The number of esters is 1. The van der Waals surface area contributed by atoms with Crippen LogP contribution < -0.4 is 15.0 Å². The van der Waals surface area contributed by atoms with E-state index in [-0.39, 0.29) is 18.4 Å². The normalized spacial score (nSPS) is 17.1. The van der Waals surface area contributed by atoms with Crippen LogP contribution in [0.15, 0.2) is 23.3 Å². The summed E-state index contributed by atoms with van der Waals surface area (Å²) in [5.41, 5.74) is -0.553. The fraction of sp³-hybridized carbons (Fsp3) is 0.526. The molecule has 1 atom stereocenters. The van der Waals surface area contributed by atoms with Gasteiger partial charge in [0.25, 0.3) is 5.56 Å². The fourth-order valence-corrected chi connectivity index (χ4v) is 2.65. The second-order valence-electron chi connectivity index (χ2n) is 7.45. The maximum atomic E-state index is 13.0. The maximum absolute atomic E-state index is 13.0. The number of hydrogen-bond acceptors (Lipinski definition) is 7. The first-order chi connectivity index (χ1) is 12.8. The average Bonchev–Trinajstić information content (AvgIpc) is 3.12. The Morgan fingerprint density at radius 1 is 1.37 bits per heavy atom. The maximum Gasteiger partial charge on any atom is 0.312 e. The van der Waals surface area contributed by atoms with Crippen LogP contribution in [0.1, 0.15) is 27.2 Å². The van der Waals surface area contributed by atoms with E-state index >= 15 is 0 Å². The summed E-state index contributed by atoms with van der Waals surface area (Å²) in [6, 6.07) is 3.33. The molecule has 0 bridgehead atoms. The van der Waals surface area contributed by atoms with Gasteiger partial charge in [-0.25, -0.2) is 4.98 Å². The molecule has 1 aliphatic rings. The number of carbonyl (C=O) groups excluding carboxylic acids is 1. The Morgan fingerprint density at radius 2 is 2.15 bits per heavy atom. The highest BCUT2D eigenvalue weighted by molar-refractivity contribution is 5.85. The molecule has 146 valence electrons. The molecule has 27 heavy (non-hydrogen) atoms. The van der Waals surface area contributed by atoms with Gasteiger partial charge in [-0.15, -0.1) is 0 Å². The molecule has 8 heteroatoms. The van der Waals surface area contributed by atoms with Crippen molar-refractivity contribution < 1.29 is 23.7 Å². The fourth-order valence-electron chi connectivity index (χ4n) is 2.65. The Kier molecular flexibility index (Phi) is 5.36. The molecule has 1 aromatic carbocycles. The zero-order chi connectivity index (χ0) is 19.6. The van der Waals surface area contributed by atoms with Gasteiger partial charge < -0.3 is 18.9 Å². The van der Waals surface area contributed by atoms with Crippen LogP contribution >= 0.6 is 0 Å². The van der Waals surface area contributed by atoms with Crippen molar-refractivity contribution in [3.63, 3.8) is 0 Å². The average molecular weight is 376 g/mol. The van der Waals surface area contributed by atoms with E-state index < -0.39 is 11.4 Å². The number of benzene rings is 1. The summed E-state index contributed by atoms with van der Waals surface area (Å²) in [5, 5.41) is 0.317. The second kappa shape index (κ2) is 7.56. The number of rotatable bonds is 5. The summed E-state index contributed by atoms with van der Waals surface area (Å²) in [5.74, 6) is 0.526. The van der Waals surface area contributed by atoms with Crippen LogP contribution in [-0.2, 0) is 21.0 Å². The lowest BCUT2D eigenvalue weighted by Crippen LogP contribution is -2.28. The number of nitrogens with zero attached hydrogens (tertiary/aromatic N) is 2. The highest BCUT2D eigenvalue weighted by Gasteiger charge is 2.24. The minimum atomic E-state index is -0.655. The third-order valence-electron chi connectivity index (χ3n) is 4.23. The minimum absolute atomic E-state index is 0.132. The van der Waals surface area contributed by atoms with Crippen molar-refractivity contribution in [2.45, 2.75) is 40.0 Å². The lowest BCUT2D eigenvalue weighted by molar-refractivity contribution is -0.157. The molecule has 0 aliphatic carbocycles. The summed E-state index contributed by atoms with van der Waals surface area (Å²) in [6.45, 7) is 6.12. The van der Waals surface area contributed by atoms with E-state index in [4.69, 9.17) is 18.9 Å². The molecular weight excluding hydrogens is 352 g/mol. The van der Waals surface area contributed by atoms with Crippen LogP contribution in [0.5, 0.6) is 11.5 Å². The lowest BCUT2D eigenvalue weighted by atomic mass is 9.98. The summed E-state index contributed by atoms with van der Waals surface area (Å²) in [6.07, 6.45) is 1.96. The van der Waals surface area contributed by atoms with Gasteiger partial charge in [0.1, 0.15) is 29.3 Å². The van der Waals surface area contributed by atoms with Crippen LogP contribution in [0.25, 0.3) is 10.9 Å². The molecule has 1 fully saturated rings. The molecular formula is C19H24N2O6. The lowest BCUT2D eigenvalue weighted by Gasteiger charge is -2.18. The number of methoxy groups -OCH3 is 1. The van der Waals surface area contributed by atoms with Crippen molar-refractivity contribution in [3.8, 4) is 11.5 Å². The highest BCUT2D eigenvalue weighted by Crippen LogP contribution is 2.29. The van der Waals surface area contributed by atoms with Gasteiger partial charge in [0.15, 0.2) is 6.73 Å². The molecule has 1 aliphatic heterocycles. The molecule has 0 N–H and O–H groups in total. The molecule has 1 aromatic heterocycles. The molecule has 0 radical (unpaired) electrons. The number of ether oxygens (including phenoxy) is 4. The van der Waals surface area contributed by atoms with E-state index in [0.29, 0.717) is 35.6 Å². The summed E-state index contributed by atoms with van der Waals surface area (Å²) >= 11 is 0. The van der Waals surface area contributed by atoms with Crippen molar-refractivity contribution in [1.29, 1.82) is 0 Å². The van der Waals surface area contributed by atoms with Gasteiger partial charge in [-0.1, -0.05) is 0 Å². The molecule has 3 rings (SSSR count). The van der Waals surface area contributed by atoms with Gasteiger partial charge in [0.05, 0.1) is 31.3 Å². The number of carbonyl (C=O) groups is 1. The minimum Gasteiger partial charge on any atom is -0.497 e. The molecule has 0 amide bonds. The second-order valence-corrected chi connectivity index (χ2v) is 7.45. The van der Waals surface area contributed by atoms with Crippen molar-refractivity contribution in [1.82, 2.24) is 9.55 Å². The monoisotopic (exact) mass is 376 g/mol. The Bertz CT molecular complexity index is 893. The van der Waals surface area contributed by atoms with Gasteiger partial charge in [-0.05, 0) is 20.8 Å². The van der Waals surface area contributed by atoms with Gasteiger partial charge in [-0.3, -0.25) is 14.2 Å². The van der Waals surface area contributed by atoms with E-state index in [1.807, 2.05) is 0 Å². The first kappa shape index (κ1) is 19.2. The van der Waals surface area contributed by atoms with Gasteiger partial charge in [0.2, 0.25) is 0 Å². The Balaban J connectivity index is 1.97. The zero-order valence-corrected chi connectivity index (χ0v) is 16.0. The topological polar surface area (TPSA) is 88.9 Å². The first-order valence-electron chi connectivity index (χ1n) is 8.78. The summed E-state index contributed by atoms with van der Waals surface area (Å²) < 4.78 is 23.1. The van der Waals surface area contributed by atoms with Gasteiger partial charge >= 0.3 is 5.97 Å². The van der Waals surface area contributed by atoms with Gasteiger partial charge in [0, 0.05) is 18.6 Å². The summed E-state index contributed by atoms with van der Waals surface area (Å²) in [7, 11) is 1.54. The number of hydrogen-bond donors (Lipinski definition) is 0.